The molecule has 0 radical (unpaired) electrons. The normalized spacial score (nSPS) is 13.1. The highest BCUT2D eigenvalue weighted by atomic mass is 32.1. The molecule has 0 saturated carbocycles. The number of rotatable bonds is 5. The smallest absolute Gasteiger partial charge is 0.0413 e. The third-order valence-electron chi connectivity index (χ3n) is 2.31. The van der Waals surface area contributed by atoms with E-state index in [4.69, 9.17) is 0 Å². The Morgan fingerprint density at radius 2 is 2.43 bits per heavy atom. The average molecular weight is 227 g/mol. The van der Waals surface area contributed by atoms with Gasteiger partial charge in [-0.25, -0.2) is 0 Å². The van der Waals surface area contributed by atoms with E-state index in [1.165, 1.54) is 10.5 Å². The van der Waals surface area contributed by atoms with Crippen LogP contribution in [0, 0.1) is 0 Å². The summed E-state index contributed by atoms with van der Waals surface area (Å²) in [5, 5.41) is 2.12. The molecule has 0 aliphatic carbocycles. The van der Waals surface area contributed by atoms with Gasteiger partial charge in [0.25, 0.3) is 0 Å². The van der Waals surface area contributed by atoms with Crippen LogP contribution in [-0.4, -0.2) is 24.2 Å². The fourth-order valence-corrected chi connectivity index (χ4v) is 2.23. The molecule has 1 aromatic rings. The first-order valence-corrected chi connectivity index (χ1v) is 6.17. The molecule has 1 atom stereocenters. The van der Waals surface area contributed by atoms with Crippen molar-refractivity contribution in [2.45, 2.75) is 13.0 Å². The molecule has 0 N–H and O–H groups in total. The Hall–Kier alpha value is -0.250. The van der Waals surface area contributed by atoms with Crippen LogP contribution < -0.4 is 0 Å². The number of thiophene rings is 1. The van der Waals surface area contributed by atoms with Crippen LogP contribution in [0.4, 0.5) is 0 Å². The SMILES string of the molecule is C=C(CS)CN(C)C(C)c1cccs1. The first-order chi connectivity index (χ1) is 6.65. The fourth-order valence-electron chi connectivity index (χ4n) is 1.29. The Labute approximate surface area is 95.9 Å². The van der Waals surface area contributed by atoms with Gasteiger partial charge in [0.15, 0.2) is 0 Å². The van der Waals surface area contributed by atoms with Crippen molar-refractivity contribution >= 4 is 24.0 Å². The topological polar surface area (TPSA) is 3.24 Å². The van der Waals surface area contributed by atoms with Gasteiger partial charge < -0.3 is 0 Å². The van der Waals surface area contributed by atoms with Crippen molar-refractivity contribution in [2.75, 3.05) is 19.3 Å². The van der Waals surface area contributed by atoms with E-state index in [0.717, 1.165) is 12.3 Å². The lowest BCUT2D eigenvalue weighted by molar-refractivity contribution is 0.288. The molecule has 0 saturated heterocycles. The largest absolute Gasteiger partial charge is 0.295 e. The van der Waals surface area contributed by atoms with Crippen molar-refractivity contribution in [2.24, 2.45) is 0 Å². The number of likely N-dealkylation sites (N-methyl/N-ethyl adjacent to an activating group) is 1. The monoisotopic (exact) mass is 227 g/mol. The van der Waals surface area contributed by atoms with Crippen molar-refractivity contribution in [3.05, 3.63) is 34.5 Å². The van der Waals surface area contributed by atoms with Crippen LogP contribution in [0.25, 0.3) is 0 Å². The van der Waals surface area contributed by atoms with Crippen LogP contribution >= 0.6 is 24.0 Å². The third kappa shape index (κ3) is 3.15. The van der Waals surface area contributed by atoms with Crippen LogP contribution in [0.2, 0.25) is 0 Å². The maximum atomic E-state index is 4.21. The third-order valence-corrected chi connectivity index (χ3v) is 3.80. The molecule has 0 bridgehead atoms. The molecule has 0 aliphatic rings. The van der Waals surface area contributed by atoms with Crippen LogP contribution in [0.3, 0.4) is 0 Å². The molecule has 0 fully saturated rings. The fraction of sp³-hybridized carbons (Fsp3) is 0.455. The number of thiol groups is 1. The zero-order valence-corrected chi connectivity index (χ0v) is 10.4. The Kier molecular flexibility index (Phi) is 4.72. The molecule has 1 nitrogen and oxygen atoms in total. The quantitative estimate of drug-likeness (QED) is 0.597. The molecule has 0 aromatic carbocycles. The molecule has 3 heteroatoms. The zero-order chi connectivity index (χ0) is 10.6. The molecule has 0 spiro atoms. The van der Waals surface area contributed by atoms with Gasteiger partial charge in [0, 0.05) is 23.2 Å². The molecular weight excluding hydrogens is 210 g/mol. The van der Waals surface area contributed by atoms with Crippen LogP contribution in [0.1, 0.15) is 17.8 Å². The number of nitrogens with zero attached hydrogens (tertiary/aromatic N) is 1. The predicted molar refractivity (Wildman–Crippen MR) is 68.4 cm³/mol. The maximum absolute atomic E-state index is 4.21. The summed E-state index contributed by atoms with van der Waals surface area (Å²) in [4.78, 5) is 3.70. The Balaban J connectivity index is 2.53. The highest BCUT2D eigenvalue weighted by Crippen LogP contribution is 2.23. The van der Waals surface area contributed by atoms with Crippen LogP contribution in [0.5, 0.6) is 0 Å². The molecule has 0 aliphatic heterocycles. The van der Waals surface area contributed by atoms with Gasteiger partial charge in [-0.1, -0.05) is 18.2 Å². The summed E-state index contributed by atoms with van der Waals surface area (Å²) in [7, 11) is 2.12. The summed E-state index contributed by atoms with van der Waals surface area (Å²) >= 11 is 6.01. The lowest BCUT2D eigenvalue weighted by Gasteiger charge is -2.24. The minimum absolute atomic E-state index is 0.464. The van der Waals surface area contributed by atoms with E-state index in [1.807, 2.05) is 0 Å². The molecule has 14 heavy (non-hydrogen) atoms. The molecule has 0 amide bonds. The second kappa shape index (κ2) is 5.59. The summed E-state index contributed by atoms with van der Waals surface area (Å²) < 4.78 is 0. The lowest BCUT2D eigenvalue weighted by atomic mass is 10.2. The van der Waals surface area contributed by atoms with Crippen molar-refractivity contribution in [3.8, 4) is 0 Å². The number of hydrogen-bond acceptors (Lipinski definition) is 3. The van der Waals surface area contributed by atoms with E-state index < -0.39 is 0 Å². The van der Waals surface area contributed by atoms with Gasteiger partial charge in [0.1, 0.15) is 0 Å². The molecule has 78 valence electrons. The zero-order valence-electron chi connectivity index (χ0n) is 8.73. The molecule has 1 unspecified atom stereocenters. The van der Waals surface area contributed by atoms with Crippen molar-refractivity contribution in [1.82, 2.24) is 4.90 Å². The second-order valence-electron chi connectivity index (χ2n) is 3.51. The second-order valence-corrected chi connectivity index (χ2v) is 4.81. The molecule has 1 heterocycles. The molecule has 1 rings (SSSR count). The summed E-state index contributed by atoms with van der Waals surface area (Å²) in [6, 6.07) is 4.74. The standard InChI is InChI=1S/C11H17NS2/c1-9(8-13)7-12(3)10(2)11-5-4-6-14-11/h4-6,10,13H,1,7-8H2,2-3H3. The van der Waals surface area contributed by atoms with Gasteiger partial charge >= 0.3 is 0 Å². The molecule has 1 aromatic heterocycles. The summed E-state index contributed by atoms with van der Waals surface area (Å²) in [6.45, 7) is 7.10. The Bertz CT molecular complexity index is 279. The first-order valence-electron chi connectivity index (χ1n) is 4.66. The van der Waals surface area contributed by atoms with Crippen molar-refractivity contribution < 1.29 is 0 Å². The van der Waals surface area contributed by atoms with E-state index in [0.29, 0.717) is 6.04 Å². The van der Waals surface area contributed by atoms with Crippen molar-refractivity contribution in [1.29, 1.82) is 0 Å². The highest BCUT2D eigenvalue weighted by molar-refractivity contribution is 7.80. The summed E-state index contributed by atoms with van der Waals surface area (Å²) in [6.07, 6.45) is 0. The maximum Gasteiger partial charge on any atom is 0.0413 e. The highest BCUT2D eigenvalue weighted by Gasteiger charge is 2.12. The van der Waals surface area contributed by atoms with Gasteiger partial charge in [-0.15, -0.1) is 11.3 Å². The summed E-state index contributed by atoms with van der Waals surface area (Å²) in [5.74, 6) is 0.765. The van der Waals surface area contributed by atoms with Gasteiger partial charge in [0.2, 0.25) is 0 Å². The average Bonchev–Trinajstić information content (AvgIpc) is 2.69. The Morgan fingerprint density at radius 1 is 1.71 bits per heavy atom. The minimum Gasteiger partial charge on any atom is -0.295 e. The van der Waals surface area contributed by atoms with Gasteiger partial charge in [-0.3, -0.25) is 4.90 Å². The van der Waals surface area contributed by atoms with Crippen molar-refractivity contribution in [3.63, 3.8) is 0 Å². The van der Waals surface area contributed by atoms with Gasteiger partial charge in [-0.05, 0) is 25.4 Å². The van der Waals surface area contributed by atoms with E-state index in [9.17, 15) is 0 Å². The van der Waals surface area contributed by atoms with Crippen LogP contribution in [-0.2, 0) is 0 Å². The van der Waals surface area contributed by atoms with E-state index in [1.54, 1.807) is 11.3 Å². The summed E-state index contributed by atoms with van der Waals surface area (Å²) in [5.41, 5.74) is 1.17. The number of hydrogen-bond donors (Lipinski definition) is 1. The van der Waals surface area contributed by atoms with E-state index >= 15 is 0 Å². The van der Waals surface area contributed by atoms with Gasteiger partial charge in [0.05, 0.1) is 0 Å². The first kappa shape index (κ1) is 11.8. The van der Waals surface area contributed by atoms with Crippen LogP contribution in [0.15, 0.2) is 29.7 Å². The van der Waals surface area contributed by atoms with E-state index in [-0.39, 0.29) is 0 Å². The lowest BCUT2D eigenvalue weighted by Crippen LogP contribution is -2.24. The van der Waals surface area contributed by atoms with E-state index in [2.05, 4.69) is 55.6 Å². The minimum atomic E-state index is 0.464. The predicted octanol–water partition coefficient (Wildman–Crippen LogP) is 3.23. The van der Waals surface area contributed by atoms with Gasteiger partial charge in [-0.2, -0.15) is 12.6 Å². The Morgan fingerprint density at radius 3 is 2.93 bits per heavy atom. The molecular formula is C11H17NS2.